The maximum atomic E-state index is 5.53. The van der Waals surface area contributed by atoms with Crippen molar-refractivity contribution >= 4 is 16.9 Å². The predicted molar refractivity (Wildman–Crippen MR) is 53.7 cm³/mol. The molecule has 3 nitrogen and oxygen atoms in total. The standard InChI is InChI=1S/C8H12ClN3/c1-4-6(5(2)3)7(10)12-8(9)11/h4H,1-2,10H2,3H3,(H2,11,12)/b7-6+. The number of hydrogen-bond acceptors (Lipinski definition) is 2. The van der Waals surface area contributed by atoms with Gasteiger partial charge in [0.2, 0.25) is 0 Å². The van der Waals surface area contributed by atoms with Crippen LogP contribution in [0.3, 0.4) is 0 Å². The Morgan fingerprint density at radius 2 is 2.00 bits per heavy atom. The third-order valence-corrected chi connectivity index (χ3v) is 1.25. The Labute approximate surface area is 77.1 Å². The van der Waals surface area contributed by atoms with Crippen LogP contribution >= 0.6 is 11.6 Å². The third-order valence-electron chi connectivity index (χ3n) is 1.17. The van der Waals surface area contributed by atoms with E-state index < -0.39 is 0 Å². The lowest BCUT2D eigenvalue weighted by Gasteiger charge is -2.02. The van der Waals surface area contributed by atoms with E-state index in [1.54, 1.807) is 13.0 Å². The molecular formula is C8H12ClN3. The number of aliphatic imine (C=N–C) groups is 1. The van der Waals surface area contributed by atoms with Gasteiger partial charge in [-0.15, -0.1) is 0 Å². The molecule has 4 N–H and O–H groups in total. The highest BCUT2D eigenvalue weighted by atomic mass is 35.5. The van der Waals surface area contributed by atoms with E-state index in [4.69, 9.17) is 23.1 Å². The van der Waals surface area contributed by atoms with Crippen molar-refractivity contribution in [1.82, 2.24) is 0 Å². The molecule has 0 saturated carbocycles. The first kappa shape index (κ1) is 10.8. The molecule has 4 heteroatoms. The fourth-order valence-corrected chi connectivity index (χ4v) is 0.764. The molecule has 0 aromatic heterocycles. The Bertz CT molecular complexity index is 259. The van der Waals surface area contributed by atoms with Crippen molar-refractivity contribution in [3.8, 4) is 0 Å². The van der Waals surface area contributed by atoms with E-state index in [-0.39, 0.29) is 11.1 Å². The molecule has 66 valence electrons. The van der Waals surface area contributed by atoms with Crippen molar-refractivity contribution in [1.29, 1.82) is 0 Å². The number of rotatable bonds is 3. The number of nitrogens with zero attached hydrogens (tertiary/aromatic N) is 1. The summed E-state index contributed by atoms with van der Waals surface area (Å²) in [5.41, 5.74) is 12.1. The average Bonchev–Trinajstić information content (AvgIpc) is 1.85. The van der Waals surface area contributed by atoms with Gasteiger partial charge in [0, 0.05) is 5.57 Å². The molecule has 0 aromatic rings. The average molecular weight is 186 g/mol. The fraction of sp³-hybridized carbons (Fsp3) is 0.125. The van der Waals surface area contributed by atoms with Crippen molar-refractivity contribution in [3.05, 3.63) is 36.2 Å². The van der Waals surface area contributed by atoms with E-state index >= 15 is 0 Å². The molecule has 0 spiro atoms. The molecule has 0 atom stereocenters. The van der Waals surface area contributed by atoms with Gasteiger partial charge >= 0.3 is 0 Å². The SMILES string of the molecule is C=C/C(C(=C)C)=C(/N)N=C(N)Cl. The number of amidine groups is 1. The zero-order chi connectivity index (χ0) is 9.72. The van der Waals surface area contributed by atoms with Crippen LogP contribution in [0.5, 0.6) is 0 Å². The van der Waals surface area contributed by atoms with Crippen LogP contribution in [0.2, 0.25) is 0 Å². The minimum absolute atomic E-state index is 0.104. The van der Waals surface area contributed by atoms with Gasteiger partial charge in [-0.25, -0.2) is 4.99 Å². The third kappa shape index (κ3) is 3.25. The number of allylic oxidation sites excluding steroid dienone is 3. The largest absolute Gasteiger partial charge is 0.383 e. The highest BCUT2D eigenvalue weighted by Gasteiger charge is 1.98. The van der Waals surface area contributed by atoms with Gasteiger partial charge in [-0.05, 0) is 24.1 Å². The summed E-state index contributed by atoms with van der Waals surface area (Å²) in [7, 11) is 0. The minimum atomic E-state index is -0.104. The molecule has 0 heterocycles. The summed E-state index contributed by atoms with van der Waals surface area (Å²) in [5.74, 6) is 0.227. The normalized spacial score (nSPS) is 13.7. The van der Waals surface area contributed by atoms with E-state index in [0.717, 1.165) is 5.57 Å². The van der Waals surface area contributed by atoms with Crippen LogP contribution in [0.1, 0.15) is 6.92 Å². The first-order chi connectivity index (χ1) is 5.49. The van der Waals surface area contributed by atoms with Gasteiger partial charge in [-0.3, -0.25) is 0 Å². The van der Waals surface area contributed by atoms with E-state index in [0.29, 0.717) is 5.57 Å². The van der Waals surface area contributed by atoms with Crippen LogP contribution in [0, 0.1) is 0 Å². The van der Waals surface area contributed by atoms with Crippen LogP contribution in [0.15, 0.2) is 41.2 Å². The van der Waals surface area contributed by atoms with Crippen LogP contribution in [-0.2, 0) is 0 Å². The molecule has 0 saturated heterocycles. The van der Waals surface area contributed by atoms with Gasteiger partial charge in [0.25, 0.3) is 0 Å². The van der Waals surface area contributed by atoms with Gasteiger partial charge in [0.1, 0.15) is 5.82 Å². The molecule has 0 unspecified atom stereocenters. The highest BCUT2D eigenvalue weighted by Crippen LogP contribution is 2.11. The molecule has 0 bridgehead atoms. The van der Waals surface area contributed by atoms with Gasteiger partial charge in [-0.2, -0.15) is 0 Å². The molecule has 0 rings (SSSR count). The monoisotopic (exact) mass is 185 g/mol. The zero-order valence-electron chi connectivity index (χ0n) is 6.97. The second-order valence-corrected chi connectivity index (χ2v) is 2.61. The topological polar surface area (TPSA) is 64.4 Å². The Hall–Kier alpha value is -1.22. The fourth-order valence-electron chi connectivity index (χ4n) is 0.673. The summed E-state index contributed by atoms with van der Waals surface area (Å²) in [6, 6.07) is 0. The van der Waals surface area contributed by atoms with E-state index in [2.05, 4.69) is 18.2 Å². The molecule has 0 aromatic carbocycles. The summed E-state index contributed by atoms with van der Waals surface area (Å²) >= 11 is 5.33. The first-order valence-electron chi connectivity index (χ1n) is 3.26. The molecule has 0 aliphatic heterocycles. The van der Waals surface area contributed by atoms with Gasteiger partial charge in [0.05, 0.1) is 0 Å². The van der Waals surface area contributed by atoms with Crippen molar-refractivity contribution in [2.24, 2.45) is 16.5 Å². The van der Waals surface area contributed by atoms with Gasteiger partial charge < -0.3 is 11.5 Å². The van der Waals surface area contributed by atoms with E-state index in [9.17, 15) is 0 Å². The Balaban J connectivity index is 4.98. The maximum absolute atomic E-state index is 5.53. The van der Waals surface area contributed by atoms with Crippen LogP contribution in [0.25, 0.3) is 0 Å². The second kappa shape index (κ2) is 4.62. The van der Waals surface area contributed by atoms with Crippen LogP contribution in [0.4, 0.5) is 0 Å². The smallest absolute Gasteiger partial charge is 0.195 e. The summed E-state index contributed by atoms with van der Waals surface area (Å²) in [6.45, 7) is 9.05. The summed E-state index contributed by atoms with van der Waals surface area (Å²) in [6.07, 6.45) is 1.56. The molecule has 0 fully saturated rings. The molecule has 0 aliphatic rings. The molecule has 0 amide bonds. The maximum Gasteiger partial charge on any atom is 0.195 e. The Morgan fingerprint density at radius 1 is 1.50 bits per heavy atom. The highest BCUT2D eigenvalue weighted by molar-refractivity contribution is 6.64. The summed E-state index contributed by atoms with van der Waals surface area (Å²) in [5, 5.41) is -0.104. The molecule has 12 heavy (non-hydrogen) atoms. The molecular weight excluding hydrogens is 174 g/mol. The Kier molecular flexibility index (Phi) is 4.15. The van der Waals surface area contributed by atoms with Crippen molar-refractivity contribution < 1.29 is 0 Å². The van der Waals surface area contributed by atoms with E-state index in [1.165, 1.54) is 0 Å². The van der Waals surface area contributed by atoms with Crippen molar-refractivity contribution in [2.75, 3.05) is 0 Å². The lowest BCUT2D eigenvalue weighted by molar-refractivity contribution is 1.19. The van der Waals surface area contributed by atoms with E-state index in [1.807, 2.05) is 0 Å². The summed E-state index contributed by atoms with van der Waals surface area (Å²) in [4.78, 5) is 3.65. The lowest BCUT2D eigenvalue weighted by Crippen LogP contribution is -2.07. The number of nitrogens with two attached hydrogens (primary N) is 2. The van der Waals surface area contributed by atoms with Gasteiger partial charge in [0.15, 0.2) is 5.29 Å². The van der Waals surface area contributed by atoms with Crippen molar-refractivity contribution in [3.63, 3.8) is 0 Å². The van der Waals surface area contributed by atoms with Gasteiger partial charge in [-0.1, -0.05) is 19.2 Å². The minimum Gasteiger partial charge on any atom is -0.383 e. The van der Waals surface area contributed by atoms with Crippen molar-refractivity contribution in [2.45, 2.75) is 6.92 Å². The summed E-state index contributed by atoms with van der Waals surface area (Å²) < 4.78 is 0. The van der Waals surface area contributed by atoms with Crippen LogP contribution in [-0.4, -0.2) is 5.29 Å². The quantitative estimate of drug-likeness (QED) is 0.303. The first-order valence-corrected chi connectivity index (χ1v) is 3.64. The predicted octanol–water partition coefficient (Wildman–Crippen LogP) is 1.47. The lowest BCUT2D eigenvalue weighted by atomic mass is 10.1. The Morgan fingerprint density at radius 3 is 2.25 bits per heavy atom. The zero-order valence-corrected chi connectivity index (χ0v) is 7.73. The number of halogens is 1. The van der Waals surface area contributed by atoms with Crippen LogP contribution < -0.4 is 11.5 Å². The molecule has 0 aliphatic carbocycles. The second-order valence-electron chi connectivity index (χ2n) is 2.22. The number of hydrogen-bond donors (Lipinski definition) is 2. The molecule has 0 radical (unpaired) electrons.